The van der Waals surface area contributed by atoms with Crippen LogP contribution in [0.4, 0.5) is 13.2 Å². The maximum Gasteiger partial charge on any atom is 0.283 e. The zero-order chi connectivity index (χ0) is 23.8. The Hall–Kier alpha value is -1.11. The van der Waals surface area contributed by atoms with E-state index >= 15 is 0 Å². The molecule has 0 aliphatic heterocycles. The summed E-state index contributed by atoms with van der Waals surface area (Å²) in [6.45, 7) is 6.68. The van der Waals surface area contributed by atoms with Crippen molar-refractivity contribution in [1.29, 1.82) is 0 Å². The first kappa shape index (κ1) is 28.9. The molecule has 0 aromatic heterocycles. The Balaban J connectivity index is 2.46. The second-order valence-electron chi connectivity index (χ2n) is 8.58. The van der Waals surface area contributed by atoms with Gasteiger partial charge < -0.3 is 14.6 Å². The van der Waals surface area contributed by atoms with Crippen molar-refractivity contribution >= 4 is 0 Å². The number of unbranched alkanes of at least 4 members (excludes halogenated alkanes) is 8. The van der Waals surface area contributed by atoms with Crippen LogP contribution in [0.1, 0.15) is 103 Å². The molecule has 1 atom stereocenters. The monoisotopic (exact) mass is 460 g/mol. The van der Waals surface area contributed by atoms with Crippen LogP contribution in [-0.4, -0.2) is 24.3 Å². The van der Waals surface area contributed by atoms with Crippen LogP contribution >= 0.6 is 0 Å². The molecular formula is C26H43F3O3. The lowest BCUT2D eigenvalue weighted by Gasteiger charge is -2.35. The Morgan fingerprint density at radius 2 is 1.22 bits per heavy atom. The Bertz CT molecular complexity index is 595. The van der Waals surface area contributed by atoms with Gasteiger partial charge in [-0.2, -0.15) is 0 Å². The van der Waals surface area contributed by atoms with E-state index in [1.807, 2.05) is 13.8 Å². The van der Waals surface area contributed by atoms with E-state index in [-0.39, 0.29) is 5.92 Å². The molecule has 0 saturated carbocycles. The van der Waals surface area contributed by atoms with Gasteiger partial charge in [0, 0.05) is 19.1 Å². The second kappa shape index (κ2) is 16.5. The normalized spacial score (nSPS) is 13.0. The lowest BCUT2D eigenvalue weighted by Crippen LogP contribution is -2.44. The highest BCUT2D eigenvalue weighted by molar-refractivity contribution is 5.19. The molecule has 3 nitrogen and oxygen atoms in total. The van der Waals surface area contributed by atoms with Crippen molar-refractivity contribution in [3.63, 3.8) is 0 Å². The Morgan fingerprint density at radius 1 is 0.750 bits per heavy atom. The highest BCUT2D eigenvalue weighted by atomic mass is 19.2. The fraction of sp³-hybridized carbons (Fsp3) is 0.769. The van der Waals surface area contributed by atoms with Crippen LogP contribution in [0.15, 0.2) is 12.1 Å². The molecule has 0 amide bonds. The number of rotatable bonds is 19. The SMILES string of the molecule is CCCCCCCCC(CCCCCCc1cc(F)c(F)c(F)c1)C(O)(OCC)OCC. The summed E-state index contributed by atoms with van der Waals surface area (Å²) in [5.74, 6) is -5.32. The summed E-state index contributed by atoms with van der Waals surface area (Å²) in [7, 11) is 0. The van der Waals surface area contributed by atoms with E-state index in [2.05, 4.69) is 6.92 Å². The average molecular weight is 461 g/mol. The molecule has 32 heavy (non-hydrogen) atoms. The zero-order valence-electron chi connectivity index (χ0n) is 20.2. The van der Waals surface area contributed by atoms with E-state index in [1.165, 1.54) is 25.7 Å². The predicted molar refractivity (Wildman–Crippen MR) is 123 cm³/mol. The van der Waals surface area contributed by atoms with Gasteiger partial charge in [0.15, 0.2) is 17.5 Å². The molecule has 0 aliphatic rings. The minimum Gasteiger partial charge on any atom is -0.343 e. The van der Waals surface area contributed by atoms with Crippen molar-refractivity contribution < 1.29 is 27.8 Å². The molecular weight excluding hydrogens is 417 g/mol. The topological polar surface area (TPSA) is 38.7 Å². The molecule has 0 saturated heterocycles. The van der Waals surface area contributed by atoms with Gasteiger partial charge in [-0.15, -0.1) is 0 Å². The summed E-state index contributed by atoms with van der Waals surface area (Å²) in [5, 5.41) is 11.0. The molecule has 1 aromatic carbocycles. The van der Waals surface area contributed by atoms with Crippen molar-refractivity contribution in [3.8, 4) is 0 Å². The van der Waals surface area contributed by atoms with Crippen LogP contribution in [0, 0.1) is 23.4 Å². The van der Waals surface area contributed by atoms with Crippen LogP contribution in [0.2, 0.25) is 0 Å². The third kappa shape index (κ3) is 10.7. The minimum atomic E-state index is -1.55. The first-order valence-electron chi connectivity index (χ1n) is 12.5. The van der Waals surface area contributed by atoms with Crippen molar-refractivity contribution in [3.05, 3.63) is 35.1 Å². The Kier molecular flexibility index (Phi) is 14.9. The number of hydrogen-bond donors (Lipinski definition) is 1. The predicted octanol–water partition coefficient (Wildman–Crippen LogP) is 7.68. The third-order valence-corrected chi connectivity index (χ3v) is 5.94. The molecule has 1 N–H and O–H groups in total. The third-order valence-electron chi connectivity index (χ3n) is 5.94. The smallest absolute Gasteiger partial charge is 0.283 e. The van der Waals surface area contributed by atoms with Crippen molar-refractivity contribution in [2.24, 2.45) is 5.92 Å². The van der Waals surface area contributed by atoms with Gasteiger partial charge in [0.1, 0.15) is 0 Å². The molecule has 1 aromatic rings. The number of aliphatic hydroxyl groups is 1. The maximum atomic E-state index is 13.3. The van der Waals surface area contributed by atoms with Gasteiger partial charge in [-0.1, -0.05) is 64.7 Å². The fourth-order valence-corrected chi connectivity index (χ4v) is 4.20. The summed E-state index contributed by atoms with van der Waals surface area (Å²) in [6.07, 6.45) is 12.8. The van der Waals surface area contributed by atoms with Gasteiger partial charge in [0.05, 0.1) is 0 Å². The summed E-state index contributed by atoms with van der Waals surface area (Å²) < 4.78 is 51.0. The summed E-state index contributed by atoms with van der Waals surface area (Å²) in [4.78, 5) is 0. The van der Waals surface area contributed by atoms with Crippen LogP contribution < -0.4 is 0 Å². The summed E-state index contributed by atoms with van der Waals surface area (Å²) >= 11 is 0. The first-order chi connectivity index (χ1) is 15.4. The van der Waals surface area contributed by atoms with E-state index in [9.17, 15) is 18.3 Å². The van der Waals surface area contributed by atoms with Gasteiger partial charge in [-0.25, -0.2) is 13.2 Å². The highest BCUT2D eigenvalue weighted by Crippen LogP contribution is 2.31. The molecule has 0 aliphatic carbocycles. The van der Waals surface area contributed by atoms with Crippen LogP contribution in [0.25, 0.3) is 0 Å². The number of benzene rings is 1. The molecule has 0 heterocycles. The molecule has 0 fully saturated rings. The van der Waals surface area contributed by atoms with Gasteiger partial charge in [0.25, 0.3) is 5.97 Å². The molecule has 1 rings (SSSR count). The first-order valence-corrected chi connectivity index (χ1v) is 12.5. The number of aryl methyl sites for hydroxylation is 1. The molecule has 0 radical (unpaired) electrons. The van der Waals surface area contributed by atoms with Crippen molar-refractivity contribution in [2.45, 2.75) is 110 Å². The number of halogens is 3. The van der Waals surface area contributed by atoms with Crippen LogP contribution in [-0.2, 0) is 15.9 Å². The quantitative estimate of drug-likeness (QED) is 0.131. The average Bonchev–Trinajstić information content (AvgIpc) is 2.75. The molecule has 6 heteroatoms. The number of ether oxygens (including phenoxy) is 2. The van der Waals surface area contributed by atoms with Crippen molar-refractivity contribution in [1.82, 2.24) is 0 Å². The fourth-order valence-electron chi connectivity index (χ4n) is 4.20. The zero-order valence-corrected chi connectivity index (χ0v) is 20.2. The summed E-state index contributed by atoms with van der Waals surface area (Å²) in [6, 6.07) is 2.14. The maximum absolute atomic E-state index is 13.3. The molecule has 0 bridgehead atoms. The van der Waals surface area contributed by atoms with Crippen LogP contribution in [0.5, 0.6) is 0 Å². The van der Waals surface area contributed by atoms with Gasteiger partial charge in [0.2, 0.25) is 0 Å². The van der Waals surface area contributed by atoms with Gasteiger partial charge >= 0.3 is 0 Å². The minimum absolute atomic E-state index is 0.0890. The molecule has 0 spiro atoms. The van der Waals surface area contributed by atoms with E-state index in [0.29, 0.717) is 25.2 Å². The van der Waals surface area contributed by atoms with Crippen LogP contribution in [0.3, 0.4) is 0 Å². The Labute approximate surface area is 192 Å². The van der Waals surface area contributed by atoms with E-state index in [0.717, 1.165) is 63.5 Å². The van der Waals surface area contributed by atoms with E-state index in [1.54, 1.807) is 0 Å². The standard InChI is InChI=1S/C26H43F3O3/c1-4-7-8-9-10-14-17-22(26(30,31-5-2)32-6-3)18-15-12-11-13-16-21-19-23(27)25(29)24(28)20-21/h19-20,22,30H,4-18H2,1-3H3. The van der Waals surface area contributed by atoms with Gasteiger partial charge in [-0.05, 0) is 57.2 Å². The van der Waals surface area contributed by atoms with Crippen molar-refractivity contribution in [2.75, 3.05) is 13.2 Å². The summed E-state index contributed by atoms with van der Waals surface area (Å²) in [5.41, 5.74) is 0.476. The molecule has 1 unspecified atom stereocenters. The highest BCUT2D eigenvalue weighted by Gasteiger charge is 2.37. The van der Waals surface area contributed by atoms with Gasteiger partial charge in [-0.3, -0.25) is 0 Å². The van der Waals surface area contributed by atoms with E-state index in [4.69, 9.17) is 9.47 Å². The Morgan fingerprint density at radius 3 is 1.72 bits per heavy atom. The largest absolute Gasteiger partial charge is 0.343 e. The molecule has 186 valence electrons. The lowest BCUT2D eigenvalue weighted by molar-refractivity contribution is -0.385. The van der Waals surface area contributed by atoms with E-state index < -0.39 is 23.4 Å². The second-order valence-corrected chi connectivity index (χ2v) is 8.58. The number of hydrogen-bond acceptors (Lipinski definition) is 3. The lowest BCUT2D eigenvalue weighted by atomic mass is 9.91.